The summed E-state index contributed by atoms with van der Waals surface area (Å²) in [7, 11) is 0. The van der Waals surface area contributed by atoms with Gasteiger partial charge in [0.1, 0.15) is 0 Å². The molecule has 1 rings (SSSR count). The molecular weight excluding hydrogens is 110 g/mol. The Kier molecular flexibility index (Phi) is 7.15. The lowest BCUT2D eigenvalue weighted by Crippen LogP contribution is -1.85. The van der Waals surface area contributed by atoms with Crippen LogP contribution in [0.4, 0.5) is 0 Å². The summed E-state index contributed by atoms with van der Waals surface area (Å²) in [5.74, 6) is 0. The zero-order chi connectivity index (χ0) is 6.95. The molecule has 9 heavy (non-hydrogen) atoms. The van der Waals surface area contributed by atoms with E-state index >= 15 is 0 Å². The second kappa shape index (κ2) is 7.54. The van der Waals surface area contributed by atoms with Crippen molar-refractivity contribution in [2.45, 2.75) is 38.5 Å². The lowest BCUT2D eigenvalue weighted by Gasteiger charge is -2.05. The Morgan fingerprint density at radius 3 is 1.11 bits per heavy atom. The van der Waals surface area contributed by atoms with Crippen LogP contribution in [0.5, 0.6) is 0 Å². The highest BCUT2D eigenvalue weighted by Crippen LogP contribution is 2.15. The molecule has 0 saturated heterocycles. The van der Waals surface area contributed by atoms with Gasteiger partial charge in [-0.2, -0.15) is 0 Å². The van der Waals surface area contributed by atoms with E-state index in [2.05, 4.69) is 12.3 Å². The highest BCUT2D eigenvalue weighted by molar-refractivity contribution is 4.51. The molecule has 1 fully saturated rings. The Balaban J connectivity index is 0.000000187. The van der Waals surface area contributed by atoms with Gasteiger partial charge in [-0.25, -0.2) is 0 Å². The van der Waals surface area contributed by atoms with Gasteiger partial charge in [-0.15, -0.1) is 0 Å². The van der Waals surface area contributed by atoms with Crippen LogP contribution in [0.3, 0.4) is 0 Å². The minimum atomic E-state index is 1.25. The molecule has 0 unspecified atom stereocenters. The summed E-state index contributed by atoms with van der Waals surface area (Å²) >= 11 is 0. The predicted octanol–water partition coefficient (Wildman–Crippen LogP) is 2.43. The third-order valence-corrected chi connectivity index (χ3v) is 1.50. The molecule has 0 bridgehead atoms. The van der Waals surface area contributed by atoms with Crippen molar-refractivity contribution < 1.29 is 0 Å². The van der Waals surface area contributed by atoms with E-state index in [1.807, 2.05) is 0 Å². The average molecular weight is 127 g/mol. The fraction of sp³-hybridized carbons (Fsp3) is 0.750. The SMILES string of the molecule is C1CCCCC1.C=CN. The molecule has 0 radical (unpaired) electrons. The zero-order valence-corrected chi connectivity index (χ0v) is 6.10. The number of hydrogen-bond donors (Lipinski definition) is 1. The molecule has 2 N–H and O–H groups in total. The Bertz CT molecular complexity index is 44.1. The van der Waals surface area contributed by atoms with Crippen molar-refractivity contribution in [3.8, 4) is 0 Å². The molecule has 1 aliphatic carbocycles. The maximum atomic E-state index is 4.61. The van der Waals surface area contributed by atoms with Crippen LogP contribution < -0.4 is 5.73 Å². The van der Waals surface area contributed by atoms with E-state index in [9.17, 15) is 0 Å². The van der Waals surface area contributed by atoms with Gasteiger partial charge in [-0.3, -0.25) is 0 Å². The molecular formula is C8H17N. The highest BCUT2D eigenvalue weighted by Gasteiger charge is 1.95. The Morgan fingerprint density at radius 1 is 0.889 bits per heavy atom. The second-order valence-corrected chi connectivity index (χ2v) is 2.36. The summed E-state index contributed by atoms with van der Waals surface area (Å²) in [6, 6.07) is 0. The first kappa shape index (κ1) is 8.54. The topological polar surface area (TPSA) is 26.0 Å². The van der Waals surface area contributed by atoms with Crippen LogP contribution in [0.25, 0.3) is 0 Å². The van der Waals surface area contributed by atoms with Crippen molar-refractivity contribution in [2.75, 3.05) is 0 Å². The third-order valence-electron chi connectivity index (χ3n) is 1.50. The molecule has 54 valence electrons. The smallest absolute Gasteiger partial charge is 0.0136 e. The van der Waals surface area contributed by atoms with Gasteiger partial charge in [0.05, 0.1) is 0 Å². The molecule has 0 atom stereocenters. The Labute approximate surface area is 57.9 Å². The molecule has 1 aliphatic rings. The maximum Gasteiger partial charge on any atom is -0.0136 e. The van der Waals surface area contributed by atoms with Gasteiger partial charge in [0.15, 0.2) is 0 Å². The van der Waals surface area contributed by atoms with E-state index in [1.165, 1.54) is 44.7 Å². The fourth-order valence-electron chi connectivity index (χ4n) is 1.06. The molecule has 0 aromatic heterocycles. The Hall–Kier alpha value is -0.460. The van der Waals surface area contributed by atoms with Crippen molar-refractivity contribution in [1.29, 1.82) is 0 Å². The summed E-state index contributed by atoms with van der Waals surface area (Å²) in [6.45, 7) is 3.14. The van der Waals surface area contributed by atoms with Crippen molar-refractivity contribution in [3.63, 3.8) is 0 Å². The van der Waals surface area contributed by atoms with Crippen molar-refractivity contribution in [3.05, 3.63) is 12.8 Å². The van der Waals surface area contributed by atoms with Crippen molar-refractivity contribution in [1.82, 2.24) is 0 Å². The molecule has 1 heteroatoms. The second-order valence-electron chi connectivity index (χ2n) is 2.36. The largest absolute Gasteiger partial charge is 0.405 e. The van der Waals surface area contributed by atoms with E-state index in [1.54, 1.807) is 0 Å². The van der Waals surface area contributed by atoms with Gasteiger partial charge >= 0.3 is 0 Å². The van der Waals surface area contributed by atoms with E-state index in [0.29, 0.717) is 0 Å². The van der Waals surface area contributed by atoms with Crippen LogP contribution in [-0.4, -0.2) is 0 Å². The van der Waals surface area contributed by atoms with Crippen LogP contribution in [0.2, 0.25) is 0 Å². The molecule has 0 heterocycles. The van der Waals surface area contributed by atoms with Crippen LogP contribution in [0.15, 0.2) is 12.8 Å². The van der Waals surface area contributed by atoms with E-state index in [0.717, 1.165) is 0 Å². The molecule has 0 amide bonds. The van der Waals surface area contributed by atoms with Gasteiger partial charge in [0.2, 0.25) is 0 Å². The van der Waals surface area contributed by atoms with Crippen LogP contribution in [-0.2, 0) is 0 Å². The first-order valence-electron chi connectivity index (χ1n) is 3.74. The van der Waals surface area contributed by atoms with E-state index in [-0.39, 0.29) is 0 Å². The molecule has 0 aromatic carbocycles. The fourth-order valence-corrected chi connectivity index (χ4v) is 1.06. The summed E-state index contributed by atoms with van der Waals surface area (Å²) in [5.41, 5.74) is 4.61. The van der Waals surface area contributed by atoms with Gasteiger partial charge in [0, 0.05) is 0 Å². The molecule has 1 saturated carbocycles. The number of rotatable bonds is 0. The lowest BCUT2D eigenvalue weighted by molar-refractivity contribution is 0.504. The van der Waals surface area contributed by atoms with E-state index < -0.39 is 0 Å². The van der Waals surface area contributed by atoms with Crippen LogP contribution in [0, 0.1) is 0 Å². The monoisotopic (exact) mass is 127 g/mol. The average Bonchev–Trinajstić information content (AvgIpc) is 1.93. The normalized spacial score (nSPS) is 17.3. The van der Waals surface area contributed by atoms with Crippen LogP contribution >= 0.6 is 0 Å². The number of hydrogen-bond acceptors (Lipinski definition) is 1. The minimum Gasteiger partial charge on any atom is -0.405 e. The zero-order valence-electron chi connectivity index (χ0n) is 6.10. The van der Waals surface area contributed by atoms with Gasteiger partial charge in [-0.1, -0.05) is 45.1 Å². The van der Waals surface area contributed by atoms with Gasteiger partial charge in [0.25, 0.3) is 0 Å². The van der Waals surface area contributed by atoms with Gasteiger partial charge < -0.3 is 5.73 Å². The first-order chi connectivity index (χ1) is 4.41. The summed E-state index contributed by atoms with van der Waals surface area (Å²) in [6.07, 6.45) is 10.2. The van der Waals surface area contributed by atoms with Gasteiger partial charge in [-0.05, 0) is 6.20 Å². The standard InChI is InChI=1S/C6H12.C2H5N/c1-2-4-6-5-3-1;1-2-3/h1-6H2;2H,1,3H2. The Morgan fingerprint density at radius 2 is 1.00 bits per heavy atom. The number of nitrogens with two attached hydrogens (primary N) is 1. The maximum absolute atomic E-state index is 4.61. The highest BCUT2D eigenvalue weighted by atomic mass is 14.5. The van der Waals surface area contributed by atoms with Crippen LogP contribution in [0.1, 0.15) is 38.5 Å². The molecule has 0 aromatic rings. The quantitative estimate of drug-likeness (QED) is 0.531. The molecule has 0 aliphatic heterocycles. The summed E-state index contributed by atoms with van der Waals surface area (Å²) in [5, 5.41) is 0. The lowest BCUT2D eigenvalue weighted by atomic mass is 10.0. The summed E-state index contributed by atoms with van der Waals surface area (Å²) in [4.78, 5) is 0. The predicted molar refractivity (Wildman–Crippen MR) is 42.1 cm³/mol. The molecule has 1 nitrogen and oxygen atoms in total. The van der Waals surface area contributed by atoms with E-state index in [4.69, 9.17) is 0 Å². The first-order valence-corrected chi connectivity index (χ1v) is 3.74. The minimum absolute atomic E-state index is 1.25. The third kappa shape index (κ3) is 7.54. The molecule has 0 spiro atoms. The summed E-state index contributed by atoms with van der Waals surface area (Å²) < 4.78 is 0. The van der Waals surface area contributed by atoms with Crippen molar-refractivity contribution >= 4 is 0 Å². The van der Waals surface area contributed by atoms with Crippen molar-refractivity contribution in [2.24, 2.45) is 5.73 Å².